The average Bonchev–Trinajstić information content (AvgIpc) is 2.72. The van der Waals surface area contributed by atoms with Crippen molar-refractivity contribution in [3.05, 3.63) is 77.9 Å². The predicted molar refractivity (Wildman–Crippen MR) is 125 cm³/mol. The van der Waals surface area contributed by atoms with Crippen molar-refractivity contribution in [1.29, 1.82) is 0 Å². The lowest BCUT2D eigenvalue weighted by atomic mass is 10.2. The molecule has 0 bridgehead atoms. The third-order valence-electron chi connectivity index (χ3n) is 4.06. The molecule has 0 amide bonds. The molecule has 3 aromatic rings. The lowest BCUT2D eigenvalue weighted by molar-refractivity contribution is 0.417. The molecular formula is C21H16F4N4OS2. The van der Waals surface area contributed by atoms with Crippen LogP contribution in [0.15, 0.2) is 54.6 Å². The van der Waals surface area contributed by atoms with E-state index in [4.69, 9.17) is 29.2 Å². The molecule has 11 heteroatoms. The summed E-state index contributed by atoms with van der Waals surface area (Å²) in [7, 11) is 1.45. The van der Waals surface area contributed by atoms with Crippen LogP contribution in [0, 0.1) is 23.3 Å². The maximum absolute atomic E-state index is 13.8. The first kappa shape index (κ1) is 23.2. The molecule has 0 aliphatic carbocycles. The van der Waals surface area contributed by atoms with Crippen molar-refractivity contribution in [2.75, 3.05) is 28.4 Å². The monoisotopic (exact) mass is 480 g/mol. The maximum Gasteiger partial charge on any atom is 0.175 e. The number of hydrogen-bond acceptors (Lipinski definition) is 3. The SMILES string of the molecule is COc1ccc(NC(=S)Nc2ccc(F)cc2F)cc1NC(=S)Nc1ccc(F)cc1F. The molecule has 0 unspecified atom stereocenters. The standard InChI is InChI=1S/C21H16F4N4OS2/c1-30-19-7-4-13(26-20(31)27-16-5-2-11(22)8-14(16)24)10-18(19)29-21(32)28-17-6-3-12(23)9-15(17)25/h2-10H,1H3,(H2,26,27,31)(H2,28,29,32). The Morgan fingerprint density at radius 3 is 1.66 bits per heavy atom. The fourth-order valence-corrected chi connectivity index (χ4v) is 3.07. The second-order valence-electron chi connectivity index (χ2n) is 6.32. The first-order chi connectivity index (χ1) is 15.2. The van der Waals surface area contributed by atoms with E-state index in [0.717, 1.165) is 24.3 Å². The molecular weight excluding hydrogens is 464 g/mol. The van der Waals surface area contributed by atoms with Gasteiger partial charge in [0, 0.05) is 17.8 Å². The highest BCUT2D eigenvalue weighted by atomic mass is 32.1. The van der Waals surface area contributed by atoms with Crippen LogP contribution < -0.4 is 26.0 Å². The van der Waals surface area contributed by atoms with E-state index in [0.29, 0.717) is 17.1 Å². The molecule has 0 aliphatic heterocycles. The van der Waals surface area contributed by atoms with Gasteiger partial charge in [0.25, 0.3) is 0 Å². The van der Waals surface area contributed by atoms with E-state index in [9.17, 15) is 17.6 Å². The van der Waals surface area contributed by atoms with E-state index in [1.807, 2.05) is 0 Å². The highest BCUT2D eigenvalue weighted by molar-refractivity contribution is 7.81. The molecule has 0 atom stereocenters. The van der Waals surface area contributed by atoms with Gasteiger partial charge in [-0.15, -0.1) is 0 Å². The van der Waals surface area contributed by atoms with Crippen LogP contribution in [0.3, 0.4) is 0 Å². The number of thiocarbonyl (C=S) groups is 2. The van der Waals surface area contributed by atoms with Crippen LogP contribution in [0.25, 0.3) is 0 Å². The largest absolute Gasteiger partial charge is 0.495 e. The van der Waals surface area contributed by atoms with Crippen molar-refractivity contribution in [2.24, 2.45) is 0 Å². The van der Waals surface area contributed by atoms with Crippen molar-refractivity contribution in [1.82, 2.24) is 0 Å². The van der Waals surface area contributed by atoms with E-state index >= 15 is 0 Å². The van der Waals surface area contributed by atoms with Gasteiger partial charge in [0.2, 0.25) is 0 Å². The zero-order chi connectivity index (χ0) is 23.3. The van der Waals surface area contributed by atoms with Crippen LogP contribution in [0.5, 0.6) is 5.75 Å². The van der Waals surface area contributed by atoms with E-state index in [2.05, 4.69) is 21.3 Å². The summed E-state index contributed by atoms with van der Waals surface area (Å²) in [6.45, 7) is 0. The van der Waals surface area contributed by atoms with Crippen LogP contribution in [0.4, 0.5) is 40.3 Å². The third kappa shape index (κ3) is 6.05. The van der Waals surface area contributed by atoms with Gasteiger partial charge >= 0.3 is 0 Å². The molecule has 166 valence electrons. The van der Waals surface area contributed by atoms with Crippen LogP contribution in [0.1, 0.15) is 0 Å². The Morgan fingerprint density at radius 2 is 1.16 bits per heavy atom. The summed E-state index contributed by atoms with van der Waals surface area (Å²) in [6, 6.07) is 11.0. The van der Waals surface area contributed by atoms with E-state index < -0.39 is 23.3 Å². The molecule has 5 nitrogen and oxygen atoms in total. The van der Waals surface area contributed by atoms with E-state index in [-0.39, 0.29) is 21.6 Å². The smallest absolute Gasteiger partial charge is 0.175 e. The second-order valence-corrected chi connectivity index (χ2v) is 7.14. The minimum atomic E-state index is -0.805. The quantitative estimate of drug-likeness (QED) is 0.269. The molecule has 0 saturated heterocycles. The first-order valence-corrected chi connectivity index (χ1v) is 9.81. The lowest BCUT2D eigenvalue weighted by Crippen LogP contribution is -2.21. The Bertz CT molecular complexity index is 1180. The molecule has 0 aliphatic rings. The molecule has 32 heavy (non-hydrogen) atoms. The number of benzene rings is 3. The van der Waals surface area contributed by atoms with Crippen molar-refractivity contribution in [3.8, 4) is 5.75 Å². The highest BCUT2D eigenvalue weighted by Crippen LogP contribution is 2.28. The van der Waals surface area contributed by atoms with Crippen LogP contribution in [-0.4, -0.2) is 17.3 Å². The summed E-state index contributed by atoms with van der Waals surface area (Å²) in [4.78, 5) is 0. The van der Waals surface area contributed by atoms with Gasteiger partial charge in [-0.1, -0.05) is 0 Å². The number of ether oxygens (including phenoxy) is 1. The summed E-state index contributed by atoms with van der Waals surface area (Å²) in [5, 5.41) is 11.1. The van der Waals surface area contributed by atoms with Gasteiger partial charge in [-0.05, 0) is 66.9 Å². The van der Waals surface area contributed by atoms with Gasteiger partial charge in [0.15, 0.2) is 10.2 Å². The van der Waals surface area contributed by atoms with Crippen molar-refractivity contribution in [2.45, 2.75) is 0 Å². The topological polar surface area (TPSA) is 57.4 Å². The molecule has 0 radical (unpaired) electrons. The highest BCUT2D eigenvalue weighted by Gasteiger charge is 2.11. The molecule has 0 saturated carbocycles. The van der Waals surface area contributed by atoms with E-state index in [1.165, 1.54) is 19.2 Å². The maximum atomic E-state index is 13.8. The molecule has 4 N–H and O–H groups in total. The van der Waals surface area contributed by atoms with Gasteiger partial charge in [-0.3, -0.25) is 0 Å². The summed E-state index contributed by atoms with van der Waals surface area (Å²) in [6.07, 6.45) is 0. The summed E-state index contributed by atoms with van der Waals surface area (Å²) < 4.78 is 59.0. The molecule has 3 aromatic carbocycles. The minimum Gasteiger partial charge on any atom is -0.495 e. The van der Waals surface area contributed by atoms with Gasteiger partial charge in [-0.2, -0.15) is 0 Å². The number of nitrogens with one attached hydrogen (secondary N) is 4. The Balaban J connectivity index is 1.70. The Kier molecular flexibility index (Phi) is 7.44. The van der Waals surface area contributed by atoms with Crippen LogP contribution in [-0.2, 0) is 0 Å². The fraction of sp³-hybridized carbons (Fsp3) is 0.0476. The van der Waals surface area contributed by atoms with Gasteiger partial charge < -0.3 is 26.0 Å². The number of rotatable bonds is 5. The zero-order valence-corrected chi connectivity index (χ0v) is 18.1. The lowest BCUT2D eigenvalue weighted by Gasteiger charge is -2.16. The molecule has 0 heterocycles. The Morgan fingerprint density at radius 1 is 0.656 bits per heavy atom. The number of hydrogen-bond donors (Lipinski definition) is 4. The zero-order valence-electron chi connectivity index (χ0n) is 16.4. The first-order valence-electron chi connectivity index (χ1n) is 8.99. The average molecular weight is 481 g/mol. The molecule has 3 rings (SSSR count). The Hall–Kier alpha value is -3.44. The fourth-order valence-electron chi connectivity index (χ4n) is 2.63. The van der Waals surface area contributed by atoms with Crippen molar-refractivity contribution in [3.63, 3.8) is 0 Å². The van der Waals surface area contributed by atoms with Gasteiger partial charge in [-0.25, -0.2) is 17.6 Å². The minimum absolute atomic E-state index is 0.00228. The molecule has 0 aromatic heterocycles. The molecule has 0 spiro atoms. The summed E-state index contributed by atoms with van der Waals surface area (Å²) >= 11 is 10.4. The normalized spacial score (nSPS) is 10.3. The number of methoxy groups -OCH3 is 1. The van der Waals surface area contributed by atoms with Gasteiger partial charge in [0.1, 0.15) is 29.0 Å². The van der Waals surface area contributed by atoms with Crippen molar-refractivity contribution < 1.29 is 22.3 Å². The number of halogens is 4. The van der Waals surface area contributed by atoms with Crippen molar-refractivity contribution >= 4 is 57.4 Å². The van der Waals surface area contributed by atoms with Gasteiger partial charge in [0.05, 0.1) is 24.2 Å². The van der Waals surface area contributed by atoms with Crippen LogP contribution in [0.2, 0.25) is 0 Å². The molecule has 0 fully saturated rings. The number of anilines is 4. The third-order valence-corrected chi connectivity index (χ3v) is 4.47. The Labute approximate surface area is 191 Å². The second kappa shape index (κ2) is 10.2. The van der Waals surface area contributed by atoms with E-state index in [1.54, 1.807) is 18.2 Å². The van der Waals surface area contributed by atoms with Crippen LogP contribution >= 0.6 is 24.4 Å². The summed E-state index contributed by atoms with van der Waals surface area (Å²) in [5.74, 6) is -2.60. The predicted octanol–water partition coefficient (Wildman–Crippen LogP) is 5.87. The summed E-state index contributed by atoms with van der Waals surface area (Å²) in [5.41, 5.74) is 0.892.